The van der Waals surface area contributed by atoms with Crippen LogP contribution in [0.15, 0.2) is 24.3 Å². The fourth-order valence-electron chi connectivity index (χ4n) is 3.62. The number of piperidine rings is 1. The molecule has 2 fully saturated rings. The molecule has 1 aromatic carbocycles. The summed E-state index contributed by atoms with van der Waals surface area (Å²) in [5, 5.41) is 3.31. The number of para-hydroxylation sites is 2. The zero-order valence-electron chi connectivity index (χ0n) is 14.3. The fourth-order valence-corrected chi connectivity index (χ4v) is 3.62. The lowest BCUT2D eigenvalue weighted by atomic mass is 10.0. The minimum Gasteiger partial charge on any atom is -0.495 e. The molecule has 2 amide bonds. The largest absolute Gasteiger partial charge is 0.495 e. The monoisotopic (exact) mass is 331 g/mol. The van der Waals surface area contributed by atoms with Crippen molar-refractivity contribution in [1.29, 1.82) is 0 Å². The van der Waals surface area contributed by atoms with Crippen molar-refractivity contribution in [1.82, 2.24) is 10.2 Å². The molecule has 130 valence electrons. The van der Waals surface area contributed by atoms with Gasteiger partial charge in [-0.2, -0.15) is 0 Å². The molecule has 2 aliphatic heterocycles. The SMILES string of the molecule is COc1ccccc1N1CC(C(=O)N(C)C2CCNCC2)CC1=O. The summed E-state index contributed by atoms with van der Waals surface area (Å²) in [5.74, 6) is 0.442. The van der Waals surface area contributed by atoms with Crippen LogP contribution in [0.2, 0.25) is 0 Å². The summed E-state index contributed by atoms with van der Waals surface area (Å²) in [6.07, 6.45) is 2.21. The number of carbonyl (C=O) groups is 2. The summed E-state index contributed by atoms with van der Waals surface area (Å²) < 4.78 is 5.35. The first-order chi connectivity index (χ1) is 11.6. The van der Waals surface area contributed by atoms with Crippen molar-refractivity contribution in [3.8, 4) is 5.75 Å². The van der Waals surface area contributed by atoms with Gasteiger partial charge in [0, 0.05) is 26.1 Å². The quantitative estimate of drug-likeness (QED) is 0.902. The predicted octanol–water partition coefficient (Wildman–Crippen LogP) is 1.26. The maximum Gasteiger partial charge on any atom is 0.228 e. The molecule has 2 heterocycles. The lowest BCUT2D eigenvalue weighted by Gasteiger charge is -2.33. The van der Waals surface area contributed by atoms with E-state index in [0.29, 0.717) is 12.3 Å². The first-order valence-electron chi connectivity index (χ1n) is 8.52. The molecular formula is C18H25N3O3. The molecule has 6 nitrogen and oxygen atoms in total. The molecule has 6 heteroatoms. The maximum absolute atomic E-state index is 12.8. The number of amides is 2. The summed E-state index contributed by atoms with van der Waals surface area (Å²) in [6, 6.07) is 7.71. The molecule has 1 atom stereocenters. The fraction of sp³-hybridized carbons (Fsp3) is 0.556. The number of carbonyl (C=O) groups excluding carboxylic acids is 2. The molecule has 0 spiro atoms. The highest BCUT2D eigenvalue weighted by Crippen LogP contribution is 2.33. The Balaban J connectivity index is 1.71. The molecule has 2 saturated heterocycles. The standard InChI is InChI=1S/C18H25N3O3/c1-20(14-7-9-19-10-8-14)18(23)13-11-17(22)21(12-13)15-5-3-4-6-16(15)24-2/h3-6,13-14,19H,7-12H2,1-2H3. The summed E-state index contributed by atoms with van der Waals surface area (Å²) in [5.41, 5.74) is 0.741. The van der Waals surface area contributed by atoms with Gasteiger partial charge < -0.3 is 19.9 Å². The Labute approximate surface area is 142 Å². The average molecular weight is 331 g/mol. The van der Waals surface area contributed by atoms with E-state index in [2.05, 4.69) is 5.32 Å². The second kappa shape index (κ2) is 7.21. The van der Waals surface area contributed by atoms with E-state index < -0.39 is 0 Å². The first-order valence-corrected chi connectivity index (χ1v) is 8.52. The zero-order valence-corrected chi connectivity index (χ0v) is 14.3. The molecule has 0 aliphatic carbocycles. The van der Waals surface area contributed by atoms with Crippen molar-refractivity contribution in [3.63, 3.8) is 0 Å². The first kappa shape index (κ1) is 16.8. The van der Waals surface area contributed by atoms with Crippen molar-refractivity contribution in [2.75, 3.05) is 38.7 Å². The van der Waals surface area contributed by atoms with E-state index in [1.165, 1.54) is 0 Å². The summed E-state index contributed by atoms with van der Waals surface area (Å²) >= 11 is 0. The van der Waals surface area contributed by atoms with Crippen molar-refractivity contribution in [2.45, 2.75) is 25.3 Å². The van der Waals surface area contributed by atoms with Gasteiger partial charge in [-0.25, -0.2) is 0 Å². The minimum atomic E-state index is -0.276. The highest BCUT2D eigenvalue weighted by Gasteiger charge is 2.38. The van der Waals surface area contributed by atoms with Crippen LogP contribution >= 0.6 is 0 Å². The normalized spacial score (nSPS) is 21.8. The molecule has 1 N–H and O–H groups in total. The Morgan fingerprint density at radius 2 is 2.00 bits per heavy atom. The summed E-state index contributed by atoms with van der Waals surface area (Å²) in [7, 11) is 3.46. The van der Waals surface area contributed by atoms with E-state index in [0.717, 1.165) is 31.6 Å². The van der Waals surface area contributed by atoms with E-state index >= 15 is 0 Å². The third kappa shape index (κ3) is 3.24. The van der Waals surface area contributed by atoms with Gasteiger partial charge in [0.1, 0.15) is 5.75 Å². The van der Waals surface area contributed by atoms with Crippen molar-refractivity contribution < 1.29 is 14.3 Å². The third-order valence-electron chi connectivity index (χ3n) is 5.05. The van der Waals surface area contributed by atoms with Gasteiger partial charge in [0.25, 0.3) is 0 Å². The van der Waals surface area contributed by atoms with Gasteiger partial charge >= 0.3 is 0 Å². The number of ether oxygens (including phenoxy) is 1. The molecule has 0 saturated carbocycles. The smallest absolute Gasteiger partial charge is 0.228 e. The number of hydrogen-bond donors (Lipinski definition) is 1. The van der Waals surface area contributed by atoms with Gasteiger partial charge in [-0.15, -0.1) is 0 Å². The van der Waals surface area contributed by atoms with Crippen LogP contribution in [0.5, 0.6) is 5.75 Å². The van der Waals surface area contributed by atoms with E-state index in [-0.39, 0.29) is 30.2 Å². The molecule has 2 aliphatic rings. The maximum atomic E-state index is 12.8. The van der Waals surface area contributed by atoms with E-state index in [1.807, 2.05) is 36.2 Å². The number of methoxy groups -OCH3 is 1. The number of rotatable bonds is 4. The van der Waals surface area contributed by atoms with Crippen LogP contribution < -0.4 is 15.0 Å². The summed E-state index contributed by atoms with van der Waals surface area (Å²) in [6.45, 7) is 2.31. The molecule has 0 radical (unpaired) electrons. The molecule has 1 aromatic rings. The average Bonchev–Trinajstić information content (AvgIpc) is 3.02. The molecule has 0 bridgehead atoms. The van der Waals surface area contributed by atoms with Gasteiger partial charge in [-0.3, -0.25) is 9.59 Å². The Kier molecular flexibility index (Phi) is 5.04. The van der Waals surface area contributed by atoms with Crippen LogP contribution in [0.1, 0.15) is 19.3 Å². The topological polar surface area (TPSA) is 61.9 Å². The van der Waals surface area contributed by atoms with Crippen LogP contribution in [0.3, 0.4) is 0 Å². The number of anilines is 1. The van der Waals surface area contributed by atoms with Gasteiger partial charge in [-0.05, 0) is 38.1 Å². The van der Waals surface area contributed by atoms with Crippen LogP contribution in [0, 0.1) is 5.92 Å². The van der Waals surface area contributed by atoms with Gasteiger partial charge in [0.05, 0.1) is 18.7 Å². The number of hydrogen-bond acceptors (Lipinski definition) is 4. The van der Waals surface area contributed by atoms with Gasteiger partial charge in [0.15, 0.2) is 0 Å². The van der Waals surface area contributed by atoms with Gasteiger partial charge in [-0.1, -0.05) is 12.1 Å². The summed E-state index contributed by atoms with van der Waals surface area (Å²) in [4.78, 5) is 28.8. The lowest BCUT2D eigenvalue weighted by Crippen LogP contribution is -2.46. The molecular weight excluding hydrogens is 306 g/mol. The van der Waals surface area contributed by atoms with Crippen LogP contribution in [0.4, 0.5) is 5.69 Å². The van der Waals surface area contributed by atoms with Gasteiger partial charge in [0.2, 0.25) is 11.8 Å². The second-order valence-electron chi connectivity index (χ2n) is 6.51. The molecule has 0 aromatic heterocycles. The van der Waals surface area contributed by atoms with E-state index in [1.54, 1.807) is 12.0 Å². The zero-order chi connectivity index (χ0) is 17.1. The minimum absolute atomic E-state index is 0.0171. The Bertz CT molecular complexity index is 613. The highest BCUT2D eigenvalue weighted by molar-refractivity contribution is 6.01. The lowest BCUT2D eigenvalue weighted by molar-refractivity contribution is -0.137. The van der Waals surface area contributed by atoms with Crippen molar-refractivity contribution >= 4 is 17.5 Å². The Morgan fingerprint density at radius 1 is 1.29 bits per heavy atom. The second-order valence-corrected chi connectivity index (χ2v) is 6.51. The van der Waals surface area contributed by atoms with E-state index in [4.69, 9.17) is 4.74 Å². The molecule has 3 rings (SSSR count). The highest BCUT2D eigenvalue weighted by atomic mass is 16.5. The third-order valence-corrected chi connectivity index (χ3v) is 5.05. The number of nitrogens with one attached hydrogen (secondary N) is 1. The van der Waals surface area contributed by atoms with Crippen molar-refractivity contribution in [3.05, 3.63) is 24.3 Å². The van der Waals surface area contributed by atoms with Crippen LogP contribution in [-0.2, 0) is 9.59 Å². The van der Waals surface area contributed by atoms with Crippen LogP contribution in [-0.4, -0.2) is 56.5 Å². The van der Waals surface area contributed by atoms with E-state index in [9.17, 15) is 9.59 Å². The Morgan fingerprint density at radius 3 is 2.71 bits per heavy atom. The van der Waals surface area contributed by atoms with Crippen LogP contribution in [0.25, 0.3) is 0 Å². The number of nitrogens with zero attached hydrogens (tertiary/aromatic N) is 2. The van der Waals surface area contributed by atoms with Crippen molar-refractivity contribution in [2.24, 2.45) is 5.92 Å². The number of benzene rings is 1. The Hall–Kier alpha value is -2.08. The molecule has 1 unspecified atom stereocenters. The molecule has 24 heavy (non-hydrogen) atoms. The predicted molar refractivity (Wildman–Crippen MR) is 92.1 cm³/mol.